The molecule has 0 aliphatic heterocycles. The van der Waals surface area contributed by atoms with Gasteiger partial charge in [0.25, 0.3) is 0 Å². The number of halogens is 1. The quantitative estimate of drug-likeness (QED) is 0.0980. The monoisotopic (exact) mass is 690 g/mol. The SMILES string of the molecule is CC(C)c1c(-c2ccccc2)c(-c2ccccc2)c(-c2ccc(F)cc2)n1CP(=O)(c1ccccc1)c1ccccc1.N=C=O.c1ccccc1. The van der Waals surface area contributed by atoms with Gasteiger partial charge in [0.15, 0.2) is 7.14 Å². The summed E-state index contributed by atoms with van der Waals surface area (Å²) in [7, 11) is -3.17. The molecule has 7 aromatic rings. The fraction of sp³-hybridized carbons (Fsp3) is 0.0889. The van der Waals surface area contributed by atoms with Gasteiger partial charge >= 0.3 is 0 Å². The van der Waals surface area contributed by atoms with Crippen LogP contribution in [0.25, 0.3) is 33.5 Å². The Hall–Kier alpha value is -5.86. The molecule has 1 N–H and O–H groups in total. The zero-order valence-electron chi connectivity index (χ0n) is 28.7. The van der Waals surface area contributed by atoms with Crippen molar-refractivity contribution in [2.24, 2.45) is 0 Å². The van der Waals surface area contributed by atoms with E-state index in [0.29, 0.717) is 0 Å². The largest absolute Gasteiger partial charge is 0.335 e. The Balaban J connectivity index is 0.000000495. The van der Waals surface area contributed by atoms with E-state index in [1.165, 1.54) is 12.1 Å². The lowest BCUT2D eigenvalue weighted by Gasteiger charge is -2.25. The molecule has 0 atom stereocenters. The maximum atomic E-state index is 15.5. The Labute approximate surface area is 299 Å². The number of rotatable bonds is 8. The molecule has 0 saturated heterocycles. The number of nitrogens with one attached hydrogen (secondary N) is 1. The van der Waals surface area contributed by atoms with E-state index in [1.54, 1.807) is 0 Å². The van der Waals surface area contributed by atoms with Gasteiger partial charge in [-0.2, -0.15) is 0 Å². The Morgan fingerprint density at radius 3 is 1.31 bits per heavy atom. The van der Waals surface area contributed by atoms with Gasteiger partial charge < -0.3 is 9.13 Å². The third kappa shape index (κ3) is 8.66. The van der Waals surface area contributed by atoms with Crippen LogP contribution in [0.5, 0.6) is 0 Å². The van der Waals surface area contributed by atoms with E-state index in [4.69, 9.17) is 10.2 Å². The number of hydrogen-bond acceptors (Lipinski definition) is 3. The van der Waals surface area contributed by atoms with Gasteiger partial charge in [0, 0.05) is 27.4 Å². The molecule has 0 fully saturated rings. The van der Waals surface area contributed by atoms with E-state index in [9.17, 15) is 4.39 Å². The first kappa shape index (κ1) is 36.4. The third-order valence-corrected chi connectivity index (χ3v) is 11.4. The maximum absolute atomic E-state index is 15.5. The zero-order valence-corrected chi connectivity index (χ0v) is 29.6. The van der Waals surface area contributed by atoms with E-state index >= 15 is 4.57 Å². The lowest BCUT2D eigenvalue weighted by Crippen LogP contribution is -2.21. The molecular formula is C45H40FN2O2P. The van der Waals surface area contributed by atoms with Crippen molar-refractivity contribution in [3.63, 3.8) is 0 Å². The van der Waals surface area contributed by atoms with Gasteiger partial charge in [0.1, 0.15) is 5.82 Å². The lowest BCUT2D eigenvalue weighted by molar-refractivity contribution is 0.562. The molecule has 0 radical (unpaired) electrons. The van der Waals surface area contributed by atoms with Crippen LogP contribution in [0.4, 0.5) is 4.39 Å². The molecule has 0 bridgehead atoms. The molecule has 254 valence electrons. The van der Waals surface area contributed by atoms with E-state index in [-0.39, 0.29) is 18.0 Å². The standard InChI is InChI=1S/C38H33FNOP.C6H6.CHNO/c1-28(2)37-35(29-15-7-3-8-16-29)36(30-17-9-4-10-18-30)38(31-23-25-32(39)26-24-31)40(37)27-42(41,33-19-11-5-12-20-33)34-21-13-6-14-22-34;1-2-4-6-5-3-1;2-1-3/h3-26,28H,27H2,1-2H3;1-6H;2H. The molecule has 1 heterocycles. The number of hydrogen-bond donors (Lipinski definition) is 1. The highest BCUT2D eigenvalue weighted by Crippen LogP contribution is 2.52. The van der Waals surface area contributed by atoms with Crippen LogP contribution in [0, 0.1) is 11.2 Å². The summed E-state index contributed by atoms with van der Waals surface area (Å²) in [5, 5.41) is 7.03. The van der Waals surface area contributed by atoms with Crippen molar-refractivity contribution in [3.05, 3.63) is 194 Å². The summed E-state index contributed by atoms with van der Waals surface area (Å²) in [6.45, 7) is 4.38. The topological polar surface area (TPSA) is 62.9 Å². The van der Waals surface area contributed by atoms with Gasteiger partial charge in [0.05, 0.1) is 12.0 Å². The Morgan fingerprint density at radius 2 is 0.922 bits per heavy atom. The zero-order chi connectivity index (χ0) is 36.1. The van der Waals surface area contributed by atoms with Crippen molar-refractivity contribution in [3.8, 4) is 33.5 Å². The van der Waals surface area contributed by atoms with Gasteiger partial charge in [-0.1, -0.05) is 172 Å². The first-order valence-corrected chi connectivity index (χ1v) is 18.7. The van der Waals surface area contributed by atoms with Crippen LogP contribution in [-0.4, -0.2) is 10.6 Å². The van der Waals surface area contributed by atoms with Crippen LogP contribution in [-0.2, 0) is 15.6 Å². The fourth-order valence-corrected chi connectivity index (χ4v) is 8.93. The molecule has 51 heavy (non-hydrogen) atoms. The highest BCUT2D eigenvalue weighted by atomic mass is 31.2. The normalized spacial score (nSPS) is 10.7. The summed E-state index contributed by atoms with van der Waals surface area (Å²) >= 11 is 0. The Morgan fingerprint density at radius 1 is 0.569 bits per heavy atom. The highest BCUT2D eigenvalue weighted by molar-refractivity contribution is 7.77. The maximum Gasteiger partial charge on any atom is 0.231 e. The van der Waals surface area contributed by atoms with Gasteiger partial charge in [0.2, 0.25) is 6.08 Å². The Kier molecular flexibility index (Phi) is 12.6. The van der Waals surface area contributed by atoms with Crippen LogP contribution in [0.1, 0.15) is 25.5 Å². The van der Waals surface area contributed by atoms with Gasteiger partial charge in [-0.15, -0.1) is 0 Å². The van der Waals surface area contributed by atoms with Crippen molar-refractivity contribution in [2.75, 3.05) is 0 Å². The fourth-order valence-electron chi connectivity index (χ4n) is 6.31. The number of benzene rings is 6. The van der Waals surface area contributed by atoms with Crippen LogP contribution >= 0.6 is 7.14 Å². The van der Waals surface area contributed by atoms with Crippen molar-refractivity contribution in [1.29, 1.82) is 5.41 Å². The molecule has 4 nitrogen and oxygen atoms in total. The molecule has 7 rings (SSSR count). The van der Waals surface area contributed by atoms with E-state index in [2.05, 4.69) is 54.8 Å². The molecule has 0 amide bonds. The van der Waals surface area contributed by atoms with Crippen molar-refractivity contribution in [1.82, 2.24) is 4.57 Å². The summed E-state index contributed by atoms with van der Waals surface area (Å²) in [6.07, 6.45) is 1.02. The van der Waals surface area contributed by atoms with Gasteiger partial charge in [-0.3, -0.25) is 0 Å². The minimum Gasteiger partial charge on any atom is -0.335 e. The van der Waals surface area contributed by atoms with Crippen LogP contribution < -0.4 is 10.6 Å². The van der Waals surface area contributed by atoms with Crippen LogP contribution in [0.2, 0.25) is 0 Å². The second-order valence-electron chi connectivity index (χ2n) is 12.1. The summed E-state index contributed by atoms with van der Waals surface area (Å²) < 4.78 is 32.0. The molecule has 6 heteroatoms. The van der Waals surface area contributed by atoms with Crippen molar-refractivity contribution < 1.29 is 13.8 Å². The van der Waals surface area contributed by atoms with Gasteiger partial charge in [-0.05, 0) is 46.9 Å². The first-order valence-electron chi connectivity index (χ1n) is 16.8. The summed E-state index contributed by atoms with van der Waals surface area (Å²) in [5.74, 6) is -0.179. The third-order valence-electron chi connectivity index (χ3n) is 8.45. The highest BCUT2D eigenvalue weighted by Gasteiger charge is 2.34. The molecule has 0 saturated carbocycles. The smallest absolute Gasteiger partial charge is 0.231 e. The molecule has 0 spiro atoms. The number of carbonyl (C=O) groups excluding carboxylic acids is 1. The summed E-state index contributed by atoms with van der Waals surface area (Å²) in [4.78, 5) is 8.35. The lowest BCUT2D eigenvalue weighted by atomic mass is 9.91. The number of isocyanates is 1. The van der Waals surface area contributed by atoms with Crippen molar-refractivity contribution in [2.45, 2.75) is 26.1 Å². The number of aromatic nitrogens is 1. The molecule has 6 aromatic carbocycles. The number of nitrogens with zero attached hydrogens (tertiary/aromatic N) is 1. The van der Waals surface area contributed by atoms with E-state index in [1.807, 2.05) is 133 Å². The van der Waals surface area contributed by atoms with Gasteiger partial charge in [-0.25, -0.2) is 14.6 Å². The molecule has 0 aliphatic rings. The second-order valence-corrected chi connectivity index (χ2v) is 14.9. The minimum absolute atomic E-state index is 0.108. The van der Waals surface area contributed by atoms with Crippen molar-refractivity contribution >= 4 is 23.8 Å². The summed E-state index contributed by atoms with van der Waals surface area (Å²) in [5.41, 5.74) is 7.25. The molecule has 0 aliphatic carbocycles. The predicted octanol–water partition coefficient (Wildman–Crippen LogP) is 11.3. The minimum atomic E-state index is -3.17. The predicted molar refractivity (Wildman–Crippen MR) is 209 cm³/mol. The molecular weight excluding hydrogens is 650 g/mol. The Bertz CT molecular complexity index is 2110. The van der Waals surface area contributed by atoms with Crippen LogP contribution in [0.3, 0.4) is 0 Å². The van der Waals surface area contributed by atoms with E-state index < -0.39 is 7.14 Å². The molecule has 0 unspecified atom stereocenters. The second kappa shape index (κ2) is 17.7. The summed E-state index contributed by atoms with van der Waals surface area (Å²) in [6, 6.07) is 59.1. The molecule has 1 aromatic heterocycles. The average molecular weight is 691 g/mol. The van der Waals surface area contributed by atoms with E-state index in [0.717, 1.165) is 55.9 Å². The first-order chi connectivity index (χ1) is 24.9. The average Bonchev–Trinajstić information content (AvgIpc) is 3.52. The van der Waals surface area contributed by atoms with Crippen LogP contribution in [0.15, 0.2) is 182 Å².